The number of hydrogen-bond acceptors (Lipinski definition) is 3. The minimum absolute atomic E-state index is 0.0544. The van der Waals surface area contributed by atoms with Crippen LogP contribution < -0.4 is 11.1 Å². The molecule has 4 N–H and O–H groups in total. The quantitative estimate of drug-likeness (QED) is 0.570. The summed E-state index contributed by atoms with van der Waals surface area (Å²) < 4.78 is 0. The SMILES string of the molecule is NCCCCCCC(=O)N[C@H]1CC[C@@H](C(=O)O)C1. The van der Waals surface area contributed by atoms with Crippen molar-refractivity contribution in [1.29, 1.82) is 0 Å². The Bertz CT molecular complexity index is 281. The minimum Gasteiger partial charge on any atom is -0.481 e. The topological polar surface area (TPSA) is 92.4 Å². The molecule has 0 aromatic rings. The molecule has 0 aromatic carbocycles. The lowest BCUT2D eigenvalue weighted by molar-refractivity contribution is -0.141. The zero-order chi connectivity index (χ0) is 13.4. The van der Waals surface area contributed by atoms with Crippen LogP contribution in [0.25, 0.3) is 0 Å². The zero-order valence-electron chi connectivity index (χ0n) is 10.9. The van der Waals surface area contributed by atoms with Gasteiger partial charge in [-0.15, -0.1) is 0 Å². The Hall–Kier alpha value is -1.10. The summed E-state index contributed by atoms with van der Waals surface area (Å²) >= 11 is 0. The highest BCUT2D eigenvalue weighted by molar-refractivity contribution is 5.76. The van der Waals surface area contributed by atoms with E-state index in [4.69, 9.17) is 10.8 Å². The van der Waals surface area contributed by atoms with Crippen LogP contribution in [0.4, 0.5) is 0 Å². The lowest BCUT2D eigenvalue weighted by atomic mass is 10.1. The summed E-state index contributed by atoms with van der Waals surface area (Å²) in [5.74, 6) is -0.966. The molecule has 1 aliphatic rings. The second kappa shape index (κ2) is 8.08. The summed E-state index contributed by atoms with van der Waals surface area (Å²) in [5, 5.41) is 11.8. The Balaban J connectivity index is 2.08. The molecule has 2 atom stereocenters. The van der Waals surface area contributed by atoms with E-state index < -0.39 is 5.97 Å². The smallest absolute Gasteiger partial charge is 0.306 e. The molecule has 1 amide bonds. The lowest BCUT2D eigenvalue weighted by Gasteiger charge is -2.12. The fourth-order valence-corrected chi connectivity index (χ4v) is 2.42. The van der Waals surface area contributed by atoms with Gasteiger partial charge in [0.2, 0.25) is 5.91 Å². The fourth-order valence-electron chi connectivity index (χ4n) is 2.42. The van der Waals surface area contributed by atoms with Crippen molar-refractivity contribution in [2.45, 2.75) is 57.4 Å². The van der Waals surface area contributed by atoms with Crippen LogP contribution in [0, 0.1) is 5.92 Å². The first-order valence-electron chi connectivity index (χ1n) is 6.85. The van der Waals surface area contributed by atoms with Gasteiger partial charge in [-0.05, 0) is 38.6 Å². The summed E-state index contributed by atoms with van der Waals surface area (Å²) in [5.41, 5.74) is 5.39. The van der Waals surface area contributed by atoms with Crippen LogP contribution in [0.3, 0.4) is 0 Å². The number of aliphatic carboxylic acids is 1. The van der Waals surface area contributed by atoms with Crippen LogP contribution in [0.15, 0.2) is 0 Å². The van der Waals surface area contributed by atoms with Gasteiger partial charge in [0.05, 0.1) is 5.92 Å². The van der Waals surface area contributed by atoms with Crippen LogP contribution in [0.1, 0.15) is 51.4 Å². The van der Waals surface area contributed by atoms with Gasteiger partial charge in [0.15, 0.2) is 0 Å². The van der Waals surface area contributed by atoms with Crippen molar-refractivity contribution in [3.05, 3.63) is 0 Å². The fraction of sp³-hybridized carbons (Fsp3) is 0.846. The van der Waals surface area contributed by atoms with Gasteiger partial charge < -0.3 is 16.2 Å². The molecule has 0 aliphatic heterocycles. The number of amides is 1. The molecule has 1 rings (SSSR count). The molecule has 1 fully saturated rings. The number of nitrogens with one attached hydrogen (secondary N) is 1. The van der Waals surface area contributed by atoms with Gasteiger partial charge >= 0.3 is 5.97 Å². The van der Waals surface area contributed by atoms with Crippen LogP contribution in [0.2, 0.25) is 0 Å². The van der Waals surface area contributed by atoms with Crippen molar-refractivity contribution >= 4 is 11.9 Å². The van der Waals surface area contributed by atoms with Crippen molar-refractivity contribution in [2.24, 2.45) is 11.7 Å². The standard InChI is InChI=1S/C13H24N2O3/c14-8-4-2-1-3-5-12(16)15-11-7-6-10(9-11)13(17)18/h10-11H,1-9,14H2,(H,15,16)(H,17,18)/t10-,11+/m1/s1. The van der Waals surface area contributed by atoms with Crippen LogP contribution in [-0.4, -0.2) is 29.6 Å². The van der Waals surface area contributed by atoms with Crippen LogP contribution in [-0.2, 0) is 9.59 Å². The van der Waals surface area contributed by atoms with Gasteiger partial charge in [-0.2, -0.15) is 0 Å². The summed E-state index contributed by atoms with van der Waals surface area (Å²) in [7, 11) is 0. The third-order valence-corrected chi connectivity index (χ3v) is 3.50. The number of hydrogen-bond donors (Lipinski definition) is 3. The maximum absolute atomic E-state index is 11.6. The van der Waals surface area contributed by atoms with Crippen LogP contribution in [0.5, 0.6) is 0 Å². The van der Waals surface area contributed by atoms with E-state index in [1.54, 1.807) is 0 Å². The monoisotopic (exact) mass is 256 g/mol. The first kappa shape index (κ1) is 15.0. The highest BCUT2D eigenvalue weighted by atomic mass is 16.4. The average molecular weight is 256 g/mol. The number of carboxylic acid groups (broad SMARTS) is 1. The van der Waals surface area contributed by atoms with Crippen molar-refractivity contribution in [3.63, 3.8) is 0 Å². The molecular formula is C13H24N2O3. The van der Waals surface area contributed by atoms with Gasteiger partial charge in [0.1, 0.15) is 0 Å². The highest BCUT2D eigenvalue weighted by Crippen LogP contribution is 2.25. The van der Waals surface area contributed by atoms with Crippen molar-refractivity contribution in [1.82, 2.24) is 5.32 Å². The summed E-state index contributed by atoms with van der Waals surface area (Å²) in [6.07, 6.45) is 6.60. The molecule has 0 heterocycles. The number of unbranched alkanes of at least 4 members (excludes halogenated alkanes) is 3. The van der Waals surface area contributed by atoms with E-state index in [0.29, 0.717) is 25.8 Å². The Labute approximate surface area is 108 Å². The first-order valence-corrected chi connectivity index (χ1v) is 6.85. The average Bonchev–Trinajstić information content (AvgIpc) is 2.77. The second-order valence-electron chi connectivity index (χ2n) is 5.07. The number of rotatable bonds is 8. The van der Waals surface area contributed by atoms with E-state index in [1.165, 1.54) is 0 Å². The molecule has 0 spiro atoms. The van der Waals surface area contributed by atoms with Gasteiger partial charge in [0, 0.05) is 12.5 Å². The van der Waals surface area contributed by atoms with Crippen molar-refractivity contribution in [3.8, 4) is 0 Å². The molecule has 104 valence electrons. The minimum atomic E-state index is -0.742. The largest absolute Gasteiger partial charge is 0.481 e. The summed E-state index contributed by atoms with van der Waals surface area (Å²) in [6.45, 7) is 0.713. The van der Waals surface area contributed by atoms with E-state index in [1.807, 2.05) is 0 Å². The maximum Gasteiger partial charge on any atom is 0.306 e. The van der Waals surface area contributed by atoms with E-state index >= 15 is 0 Å². The number of carbonyl (C=O) groups is 2. The Morgan fingerprint density at radius 2 is 1.89 bits per heavy atom. The maximum atomic E-state index is 11.6. The molecule has 0 bridgehead atoms. The second-order valence-corrected chi connectivity index (χ2v) is 5.07. The molecule has 18 heavy (non-hydrogen) atoms. The predicted octanol–water partition coefficient (Wildman–Crippen LogP) is 1.27. The van der Waals surface area contributed by atoms with Gasteiger partial charge in [-0.3, -0.25) is 9.59 Å². The molecule has 0 aromatic heterocycles. The summed E-state index contributed by atoms with van der Waals surface area (Å²) in [4.78, 5) is 22.4. The Kier molecular flexibility index (Phi) is 6.72. The highest BCUT2D eigenvalue weighted by Gasteiger charge is 2.30. The normalized spacial score (nSPS) is 22.9. The first-order chi connectivity index (χ1) is 8.63. The van der Waals surface area contributed by atoms with E-state index in [-0.39, 0.29) is 17.9 Å². The predicted molar refractivity (Wildman–Crippen MR) is 69.0 cm³/mol. The van der Waals surface area contributed by atoms with Crippen molar-refractivity contribution in [2.75, 3.05) is 6.54 Å². The lowest BCUT2D eigenvalue weighted by Crippen LogP contribution is -2.33. The van der Waals surface area contributed by atoms with E-state index in [9.17, 15) is 9.59 Å². The molecule has 0 unspecified atom stereocenters. The molecule has 1 aliphatic carbocycles. The summed E-state index contributed by atoms with van der Waals surface area (Å²) in [6, 6.07) is 0.0580. The number of carboxylic acids is 1. The number of nitrogens with two attached hydrogens (primary N) is 1. The van der Waals surface area contributed by atoms with Crippen LogP contribution >= 0.6 is 0 Å². The van der Waals surface area contributed by atoms with Gasteiger partial charge in [-0.25, -0.2) is 0 Å². The van der Waals surface area contributed by atoms with Gasteiger partial charge in [0.25, 0.3) is 0 Å². The zero-order valence-corrected chi connectivity index (χ0v) is 10.9. The molecule has 0 saturated heterocycles. The third-order valence-electron chi connectivity index (χ3n) is 3.50. The van der Waals surface area contributed by atoms with Gasteiger partial charge in [-0.1, -0.05) is 12.8 Å². The van der Waals surface area contributed by atoms with E-state index in [0.717, 1.165) is 32.1 Å². The molecule has 0 radical (unpaired) electrons. The third kappa shape index (κ3) is 5.49. The van der Waals surface area contributed by atoms with Crippen molar-refractivity contribution < 1.29 is 14.7 Å². The number of carbonyl (C=O) groups excluding carboxylic acids is 1. The molecule has 1 saturated carbocycles. The molecular weight excluding hydrogens is 232 g/mol. The Morgan fingerprint density at radius 3 is 2.50 bits per heavy atom. The molecule has 5 heteroatoms. The Morgan fingerprint density at radius 1 is 1.17 bits per heavy atom. The molecule has 5 nitrogen and oxygen atoms in total. The van der Waals surface area contributed by atoms with E-state index in [2.05, 4.69) is 5.32 Å².